The van der Waals surface area contributed by atoms with Gasteiger partial charge in [-0.3, -0.25) is 15.6 Å². The van der Waals surface area contributed by atoms with E-state index in [2.05, 4.69) is 29.7 Å². The van der Waals surface area contributed by atoms with E-state index < -0.39 is 10.0 Å². The Labute approximate surface area is 186 Å². The third-order valence-corrected chi connectivity index (χ3v) is 8.20. The molecule has 4 rings (SSSR count). The van der Waals surface area contributed by atoms with Crippen molar-refractivity contribution >= 4 is 42.6 Å². The molecule has 2 N–H and O–H groups in total. The van der Waals surface area contributed by atoms with Crippen LogP contribution in [0.5, 0.6) is 0 Å². The van der Waals surface area contributed by atoms with Gasteiger partial charge in [-0.1, -0.05) is 31.3 Å². The molecule has 0 radical (unpaired) electrons. The summed E-state index contributed by atoms with van der Waals surface area (Å²) in [4.78, 5) is 17.1. The molecule has 0 bridgehead atoms. The van der Waals surface area contributed by atoms with Crippen LogP contribution in [0.4, 0.5) is 5.13 Å². The Balaban J connectivity index is 1.42. The number of benzene rings is 2. The lowest BCUT2D eigenvalue weighted by Crippen LogP contribution is -2.42. The number of carbonyl (C=O) groups excluding carboxylic acids is 1. The highest BCUT2D eigenvalue weighted by molar-refractivity contribution is 7.89. The number of hydrogen-bond donors (Lipinski definition) is 2. The number of aryl methyl sites for hydroxylation is 1. The molecule has 2 heterocycles. The zero-order valence-corrected chi connectivity index (χ0v) is 19.4. The first-order chi connectivity index (χ1) is 14.7. The Hall–Kier alpha value is -2.49. The quantitative estimate of drug-likeness (QED) is 0.564. The smallest absolute Gasteiger partial charge is 0.269 e. The van der Waals surface area contributed by atoms with Crippen molar-refractivity contribution in [2.24, 2.45) is 11.8 Å². The largest absolute Gasteiger partial charge is 0.273 e. The van der Waals surface area contributed by atoms with Crippen LogP contribution in [0.2, 0.25) is 0 Å². The van der Waals surface area contributed by atoms with Crippen LogP contribution in [0.25, 0.3) is 10.2 Å². The number of aromatic nitrogens is 1. The van der Waals surface area contributed by atoms with Gasteiger partial charge in [0.25, 0.3) is 5.91 Å². The fourth-order valence-electron chi connectivity index (χ4n) is 4.00. The molecule has 1 amide bonds. The number of amides is 1. The maximum atomic E-state index is 13.0. The summed E-state index contributed by atoms with van der Waals surface area (Å²) in [6.07, 6.45) is 1.03. The number of nitrogens with zero attached hydrogens (tertiary/aromatic N) is 2. The van der Waals surface area contributed by atoms with Gasteiger partial charge in [0.05, 0.1) is 15.1 Å². The van der Waals surface area contributed by atoms with Crippen molar-refractivity contribution in [3.8, 4) is 0 Å². The molecule has 31 heavy (non-hydrogen) atoms. The van der Waals surface area contributed by atoms with Gasteiger partial charge in [-0.15, -0.1) is 0 Å². The molecule has 2 atom stereocenters. The Morgan fingerprint density at radius 1 is 1.10 bits per heavy atom. The fourth-order valence-corrected chi connectivity index (χ4v) is 6.59. The minimum Gasteiger partial charge on any atom is -0.273 e. The van der Waals surface area contributed by atoms with Crippen LogP contribution in [-0.4, -0.2) is 36.7 Å². The van der Waals surface area contributed by atoms with Gasteiger partial charge in [0.2, 0.25) is 15.2 Å². The average Bonchev–Trinajstić information content (AvgIpc) is 3.13. The van der Waals surface area contributed by atoms with Gasteiger partial charge in [0.15, 0.2) is 0 Å². The molecule has 7 nitrogen and oxygen atoms in total. The summed E-state index contributed by atoms with van der Waals surface area (Å²) < 4.78 is 28.6. The number of fused-ring (bicyclic) bond motifs is 1. The zero-order valence-electron chi connectivity index (χ0n) is 17.8. The van der Waals surface area contributed by atoms with Crippen molar-refractivity contribution in [2.75, 3.05) is 18.5 Å². The fraction of sp³-hybridized carbons (Fsp3) is 0.364. The molecule has 2 aromatic carbocycles. The summed E-state index contributed by atoms with van der Waals surface area (Å²) in [6, 6.07) is 12.0. The molecule has 0 saturated carbocycles. The third kappa shape index (κ3) is 4.73. The van der Waals surface area contributed by atoms with Gasteiger partial charge in [-0.05, 0) is 67.1 Å². The van der Waals surface area contributed by atoms with Gasteiger partial charge in [0, 0.05) is 18.7 Å². The van der Waals surface area contributed by atoms with E-state index in [0.29, 0.717) is 35.6 Å². The van der Waals surface area contributed by atoms with Crippen LogP contribution >= 0.6 is 11.3 Å². The second-order valence-corrected chi connectivity index (χ2v) is 11.3. The van der Waals surface area contributed by atoms with Crippen LogP contribution in [0.1, 0.15) is 36.2 Å². The number of anilines is 1. The second-order valence-electron chi connectivity index (χ2n) is 8.36. The molecule has 1 aliphatic heterocycles. The van der Waals surface area contributed by atoms with Gasteiger partial charge in [0.1, 0.15) is 0 Å². The number of nitrogens with one attached hydrogen (secondary N) is 2. The van der Waals surface area contributed by atoms with E-state index in [4.69, 9.17) is 0 Å². The number of hydrazine groups is 1. The average molecular weight is 459 g/mol. The van der Waals surface area contributed by atoms with Crippen LogP contribution in [-0.2, 0) is 10.0 Å². The van der Waals surface area contributed by atoms with Crippen LogP contribution in [0.15, 0.2) is 47.4 Å². The molecular weight excluding hydrogens is 432 g/mol. The van der Waals surface area contributed by atoms with Crippen molar-refractivity contribution in [1.82, 2.24) is 14.7 Å². The number of carbonyl (C=O) groups is 1. The molecule has 0 unspecified atom stereocenters. The predicted molar refractivity (Wildman–Crippen MR) is 124 cm³/mol. The SMILES string of the molecule is Cc1ccc2nc(NNC(=O)c3ccc(S(=O)(=O)N4C[C@H](C)C[C@H](C)C4)cc3)sc2c1. The Morgan fingerprint density at radius 3 is 2.45 bits per heavy atom. The summed E-state index contributed by atoms with van der Waals surface area (Å²) in [6.45, 7) is 7.22. The molecule has 1 fully saturated rings. The highest BCUT2D eigenvalue weighted by atomic mass is 32.2. The second kappa shape index (κ2) is 8.57. The number of hydrogen-bond acceptors (Lipinski definition) is 6. The molecule has 9 heteroatoms. The van der Waals surface area contributed by atoms with Gasteiger partial charge in [-0.2, -0.15) is 4.31 Å². The topological polar surface area (TPSA) is 91.4 Å². The van der Waals surface area contributed by atoms with Crippen LogP contribution in [0.3, 0.4) is 0 Å². The van der Waals surface area contributed by atoms with E-state index in [9.17, 15) is 13.2 Å². The normalized spacial score (nSPS) is 20.0. The first kappa shape index (κ1) is 21.7. The van der Waals surface area contributed by atoms with Crippen molar-refractivity contribution in [3.05, 3.63) is 53.6 Å². The van der Waals surface area contributed by atoms with Crippen LogP contribution < -0.4 is 10.9 Å². The lowest BCUT2D eigenvalue weighted by atomic mass is 9.94. The highest BCUT2D eigenvalue weighted by Gasteiger charge is 2.31. The van der Waals surface area contributed by atoms with E-state index in [0.717, 1.165) is 22.2 Å². The van der Waals surface area contributed by atoms with Gasteiger partial charge < -0.3 is 0 Å². The molecule has 1 saturated heterocycles. The third-order valence-electron chi connectivity index (χ3n) is 5.42. The zero-order chi connectivity index (χ0) is 22.2. The van der Waals surface area contributed by atoms with Crippen LogP contribution in [0, 0.1) is 18.8 Å². The number of piperidine rings is 1. The summed E-state index contributed by atoms with van der Waals surface area (Å²) in [5.41, 5.74) is 7.84. The highest BCUT2D eigenvalue weighted by Crippen LogP contribution is 2.27. The maximum absolute atomic E-state index is 13.0. The minimum atomic E-state index is -3.57. The summed E-state index contributed by atoms with van der Waals surface area (Å²) in [5, 5.41) is 0.585. The molecule has 3 aromatic rings. The molecule has 164 valence electrons. The van der Waals surface area contributed by atoms with Crippen molar-refractivity contribution in [1.29, 1.82) is 0 Å². The van der Waals surface area contributed by atoms with Crippen molar-refractivity contribution in [3.63, 3.8) is 0 Å². The minimum absolute atomic E-state index is 0.208. The van der Waals surface area contributed by atoms with Crippen molar-refractivity contribution in [2.45, 2.75) is 32.1 Å². The Kier molecular flexibility index (Phi) is 6.00. The lowest BCUT2D eigenvalue weighted by Gasteiger charge is -2.34. The summed E-state index contributed by atoms with van der Waals surface area (Å²) in [5.74, 6) is 0.307. The molecule has 0 aliphatic carbocycles. The standard InChI is InChI=1S/C22H26N4O3S2/c1-14-4-9-19-20(11-14)30-22(23-19)25-24-21(27)17-5-7-18(8-6-17)31(28,29)26-12-15(2)10-16(3)13-26/h4-9,11,15-16H,10,12-13H2,1-3H3,(H,23,25)(H,24,27)/t15-,16+. The van der Waals surface area contributed by atoms with E-state index >= 15 is 0 Å². The van der Waals surface area contributed by atoms with E-state index in [1.807, 2.05) is 25.1 Å². The number of thiazole rings is 1. The lowest BCUT2D eigenvalue weighted by molar-refractivity contribution is 0.0962. The first-order valence-corrected chi connectivity index (χ1v) is 12.5. The molecule has 1 aromatic heterocycles. The molecular formula is C22H26N4O3S2. The Morgan fingerprint density at radius 2 is 1.77 bits per heavy atom. The van der Waals surface area contributed by atoms with Crippen molar-refractivity contribution < 1.29 is 13.2 Å². The number of rotatable bonds is 5. The molecule has 0 spiro atoms. The Bertz CT molecular complexity index is 1200. The number of sulfonamides is 1. The summed E-state index contributed by atoms with van der Waals surface area (Å²) >= 11 is 1.45. The summed E-state index contributed by atoms with van der Waals surface area (Å²) in [7, 11) is -3.57. The first-order valence-electron chi connectivity index (χ1n) is 10.3. The van der Waals surface area contributed by atoms with E-state index in [1.165, 1.54) is 35.6 Å². The molecule has 1 aliphatic rings. The predicted octanol–water partition coefficient (Wildman–Crippen LogP) is 4.03. The van der Waals surface area contributed by atoms with E-state index in [-0.39, 0.29) is 10.8 Å². The van der Waals surface area contributed by atoms with Gasteiger partial charge >= 0.3 is 0 Å². The van der Waals surface area contributed by atoms with E-state index in [1.54, 1.807) is 4.31 Å². The maximum Gasteiger partial charge on any atom is 0.269 e. The van der Waals surface area contributed by atoms with Gasteiger partial charge in [-0.25, -0.2) is 13.4 Å². The monoisotopic (exact) mass is 458 g/mol.